The molecule has 2 N–H and O–H groups in total. The molecule has 0 aromatic heterocycles. The lowest BCUT2D eigenvalue weighted by atomic mass is 9.84. The van der Waals surface area contributed by atoms with E-state index in [4.69, 9.17) is 4.74 Å². The van der Waals surface area contributed by atoms with E-state index in [0.717, 1.165) is 29.9 Å². The van der Waals surface area contributed by atoms with Gasteiger partial charge < -0.3 is 15.4 Å². The van der Waals surface area contributed by atoms with Crippen LogP contribution in [0.4, 0.5) is 0 Å². The van der Waals surface area contributed by atoms with Gasteiger partial charge in [0.25, 0.3) is 0 Å². The number of ether oxygens (including phenoxy) is 1. The molecule has 0 aliphatic heterocycles. The van der Waals surface area contributed by atoms with Gasteiger partial charge in [0, 0.05) is 35.1 Å². The van der Waals surface area contributed by atoms with Gasteiger partial charge in [-0.2, -0.15) is 0 Å². The largest absolute Gasteiger partial charge is 0.496 e. The molecule has 0 spiro atoms. The highest BCUT2D eigenvalue weighted by Crippen LogP contribution is 2.33. The lowest BCUT2D eigenvalue weighted by Crippen LogP contribution is -2.36. The molecule has 0 saturated carbocycles. The molecular weight excluding hydrogens is 292 g/mol. The molecule has 0 bridgehead atoms. The normalized spacial score (nSPS) is 11.6. The van der Waals surface area contributed by atoms with Gasteiger partial charge in [0.15, 0.2) is 0 Å². The first-order valence-corrected chi connectivity index (χ1v) is 7.00. The molecule has 1 aromatic rings. The van der Waals surface area contributed by atoms with Gasteiger partial charge >= 0.3 is 0 Å². The first-order valence-electron chi connectivity index (χ1n) is 6.20. The number of benzene rings is 1. The van der Waals surface area contributed by atoms with Crippen molar-refractivity contribution >= 4 is 15.9 Å². The van der Waals surface area contributed by atoms with Crippen LogP contribution in [0.2, 0.25) is 0 Å². The van der Waals surface area contributed by atoms with E-state index in [0.29, 0.717) is 0 Å². The zero-order valence-electron chi connectivity index (χ0n) is 11.6. The van der Waals surface area contributed by atoms with Crippen molar-refractivity contribution in [3.8, 4) is 5.75 Å². The Morgan fingerprint density at radius 1 is 1.28 bits per heavy atom. The molecule has 0 saturated heterocycles. The summed E-state index contributed by atoms with van der Waals surface area (Å²) in [6.45, 7) is 7.32. The summed E-state index contributed by atoms with van der Waals surface area (Å²) in [5.41, 5.74) is 1.25. The van der Waals surface area contributed by atoms with E-state index in [1.165, 1.54) is 5.56 Å². The molecule has 0 aliphatic carbocycles. The van der Waals surface area contributed by atoms with E-state index in [9.17, 15) is 0 Å². The van der Waals surface area contributed by atoms with E-state index in [-0.39, 0.29) is 5.41 Å². The molecule has 0 fully saturated rings. The molecule has 0 unspecified atom stereocenters. The van der Waals surface area contributed by atoms with Crippen molar-refractivity contribution in [2.24, 2.45) is 0 Å². The lowest BCUT2D eigenvalue weighted by Gasteiger charge is -2.28. The Labute approximate surface area is 118 Å². The molecule has 1 rings (SSSR count). The van der Waals surface area contributed by atoms with Crippen LogP contribution in [0.5, 0.6) is 5.75 Å². The fraction of sp³-hybridized carbons (Fsp3) is 0.571. The SMILES string of the molecule is CNCCNCC(C)(C)c1cc(Br)ccc1OC. The summed E-state index contributed by atoms with van der Waals surface area (Å²) in [5.74, 6) is 0.943. The van der Waals surface area contributed by atoms with Crippen molar-refractivity contribution in [2.75, 3.05) is 33.8 Å². The summed E-state index contributed by atoms with van der Waals surface area (Å²) in [5, 5.41) is 6.59. The summed E-state index contributed by atoms with van der Waals surface area (Å²) in [6, 6.07) is 6.15. The van der Waals surface area contributed by atoms with Crippen molar-refractivity contribution in [2.45, 2.75) is 19.3 Å². The molecule has 18 heavy (non-hydrogen) atoms. The van der Waals surface area contributed by atoms with Crippen LogP contribution in [0.25, 0.3) is 0 Å². The predicted octanol–water partition coefficient (Wildman–Crippen LogP) is 2.54. The van der Waals surface area contributed by atoms with Crippen LogP contribution in [-0.4, -0.2) is 33.8 Å². The number of halogens is 1. The summed E-state index contributed by atoms with van der Waals surface area (Å²) in [6.07, 6.45) is 0. The Hall–Kier alpha value is -0.580. The fourth-order valence-electron chi connectivity index (χ4n) is 1.92. The highest BCUT2D eigenvalue weighted by molar-refractivity contribution is 9.10. The standard InChI is InChI=1S/C14H23BrN2O/c1-14(2,10-17-8-7-16-3)12-9-11(15)5-6-13(12)18-4/h5-6,9,16-17H,7-8,10H2,1-4H3. The van der Waals surface area contributed by atoms with Crippen molar-refractivity contribution in [1.82, 2.24) is 10.6 Å². The molecule has 0 atom stereocenters. The topological polar surface area (TPSA) is 33.3 Å². The molecule has 3 nitrogen and oxygen atoms in total. The van der Waals surface area contributed by atoms with Crippen molar-refractivity contribution < 1.29 is 4.74 Å². The van der Waals surface area contributed by atoms with Gasteiger partial charge in [0.05, 0.1) is 7.11 Å². The van der Waals surface area contributed by atoms with Crippen LogP contribution in [0.1, 0.15) is 19.4 Å². The maximum atomic E-state index is 5.45. The summed E-state index contributed by atoms with van der Waals surface area (Å²) in [7, 11) is 3.68. The predicted molar refractivity (Wildman–Crippen MR) is 80.5 cm³/mol. The number of hydrogen-bond donors (Lipinski definition) is 2. The van der Waals surface area contributed by atoms with Crippen molar-refractivity contribution in [3.05, 3.63) is 28.2 Å². The molecule has 1 aromatic carbocycles. The quantitative estimate of drug-likeness (QED) is 0.759. The van der Waals surface area contributed by atoms with Crippen molar-refractivity contribution in [1.29, 1.82) is 0 Å². The molecule has 102 valence electrons. The zero-order valence-corrected chi connectivity index (χ0v) is 13.2. The molecule has 4 heteroatoms. The average Bonchev–Trinajstić information content (AvgIpc) is 2.35. The van der Waals surface area contributed by atoms with Crippen LogP contribution in [0.15, 0.2) is 22.7 Å². The minimum Gasteiger partial charge on any atom is -0.496 e. The number of hydrogen-bond acceptors (Lipinski definition) is 3. The second kappa shape index (κ2) is 7.12. The van der Waals surface area contributed by atoms with Crippen LogP contribution >= 0.6 is 15.9 Å². The van der Waals surface area contributed by atoms with Gasteiger partial charge in [-0.15, -0.1) is 0 Å². The average molecular weight is 315 g/mol. The fourth-order valence-corrected chi connectivity index (χ4v) is 2.28. The highest BCUT2D eigenvalue weighted by atomic mass is 79.9. The second-order valence-electron chi connectivity index (χ2n) is 5.01. The maximum Gasteiger partial charge on any atom is 0.122 e. The summed E-state index contributed by atoms with van der Waals surface area (Å²) >= 11 is 3.53. The summed E-state index contributed by atoms with van der Waals surface area (Å²) < 4.78 is 6.54. The molecule has 0 heterocycles. The number of nitrogens with one attached hydrogen (secondary N) is 2. The zero-order chi connectivity index (χ0) is 13.6. The monoisotopic (exact) mass is 314 g/mol. The number of rotatable bonds is 7. The van der Waals surface area contributed by atoms with Gasteiger partial charge in [-0.3, -0.25) is 0 Å². The minimum atomic E-state index is 0.0306. The van der Waals surface area contributed by atoms with Gasteiger partial charge in [0.2, 0.25) is 0 Å². The Balaban J connectivity index is 2.79. The highest BCUT2D eigenvalue weighted by Gasteiger charge is 2.24. The van der Waals surface area contributed by atoms with Crippen LogP contribution in [0.3, 0.4) is 0 Å². The smallest absolute Gasteiger partial charge is 0.122 e. The van der Waals surface area contributed by atoms with Crippen molar-refractivity contribution in [3.63, 3.8) is 0 Å². The molecular formula is C14H23BrN2O. The Morgan fingerprint density at radius 3 is 2.61 bits per heavy atom. The third-order valence-corrected chi connectivity index (χ3v) is 3.50. The van der Waals surface area contributed by atoms with E-state index in [1.807, 2.05) is 19.2 Å². The minimum absolute atomic E-state index is 0.0306. The second-order valence-corrected chi connectivity index (χ2v) is 5.92. The van der Waals surface area contributed by atoms with Gasteiger partial charge in [-0.1, -0.05) is 29.8 Å². The van der Waals surface area contributed by atoms with E-state index < -0.39 is 0 Å². The molecule has 0 radical (unpaired) electrons. The van der Waals surface area contributed by atoms with Gasteiger partial charge in [-0.05, 0) is 25.2 Å². The number of likely N-dealkylation sites (N-methyl/N-ethyl adjacent to an activating group) is 1. The number of methoxy groups -OCH3 is 1. The molecule has 0 aliphatic rings. The maximum absolute atomic E-state index is 5.45. The Bertz CT molecular complexity index is 380. The first-order chi connectivity index (χ1) is 8.51. The van der Waals surface area contributed by atoms with E-state index in [2.05, 4.69) is 46.5 Å². The summed E-state index contributed by atoms with van der Waals surface area (Å²) in [4.78, 5) is 0. The van der Waals surface area contributed by atoms with Gasteiger partial charge in [-0.25, -0.2) is 0 Å². The third kappa shape index (κ3) is 4.26. The Kier molecular flexibility index (Phi) is 6.12. The third-order valence-electron chi connectivity index (χ3n) is 3.01. The van der Waals surface area contributed by atoms with Gasteiger partial charge in [0.1, 0.15) is 5.75 Å². The van der Waals surface area contributed by atoms with Crippen LogP contribution < -0.4 is 15.4 Å². The molecule has 0 amide bonds. The van der Waals surface area contributed by atoms with Crippen LogP contribution in [-0.2, 0) is 5.41 Å². The Morgan fingerprint density at radius 2 is 2.00 bits per heavy atom. The lowest BCUT2D eigenvalue weighted by molar-refractivity contribution is 0.385. The van der Waals surface area contributed by atoms with E-state index in [1.54, 1.807) is 7.11 Å². The van der Waals surface area contributed by atoms with Crippen LogP contribution in [0, 0.1) is 0 Å². The van der Waals surface area contributed by atoms with E-state index >= 15 is 0 Å². The first kappa shape index (κ1) is 15.5.